The molecule has 0 aromatic heterocycles. The van der Waals surface area contributed by atoms with E-state index in [1.54, 1.807) is 0 Å². The van der Waals surface area contributed by atoms with E-state index in [4.69, 9.17) is 6.42 Å². The van der Waals surface area contributed by atoms with Gasteiger partial charge in [0.2, 0.25) is 0 Å². The van der Waals surface area contributed by atoms with Crippen molar-refractivity contribution in [3.05, 3.63) is 0 Å². The van der Waals surface area contributed by atoms with E-state index >= 15 is 0 Å². The summed E-state index contributed by atoms with van der Waals surface area (Å²) >= 11 is 1.87. The molecule has 0 saturated heterocycles. The molecule has 2 heteroatoms. The van der Waals surface area contributed by atoms with Crippen LogP contribution >= 0.6 is 11.8 Å². The molecule has 96 valence electrons. The number of rotatable bonds is 5. The third-order valence-electron chi connectivity index (χ3n) is 4.40. The van der Waals surface area contributed by atoms with Crippen LogP contribution in [0.1, 0.15) is 44.9 Å². The molecule has 2 aliphatic rings. The molecule has 2 rings (SSSR count). The third-order valence-corrected chi connectivity index (χ3v) is 5.27. The average Bonchev–Trinajstić information content (AvgIpc) is 2.38. The van der Waals surface area contributed by atoms with Gasteiger partial charge in [-0.3, -0.25) is 0 Å². The SMILES string of the molecule is C#CCSCCNC1CCC2CCCCC2C1. The molecule has 3 atom stereocenters. The van der Waals surface area contributed by atoms with E-state index in [1.807, 2.05) is 11.8 Å². The van der Waals surface area contributed by atoms with Gasteiger partial charge in [-0.1, -0.05) is 31.6 Å². The lowest BCUT2D eigenvalue weighted by Gasteiger charge is -2.39. The first-order valence-corrected chi connectivity index (χ1v) is 8.30. The molecule has 2 saturated carbocycles. The molecule has 0 aliphatic heterocycles. The van der Waals surface area contributed by atoms with Gasteiger partial charge in [-0.15, -0.1) is 18.2 Å². The summed E-state index contributed by atoms with van der Waals surface area (Å²) in [5, 5.41) is 3.72. The number of thioether (sulfide) groups is 1. The van der Waals surface area contributed by atoms with Crippen molar-refractivity contribution in [1.29, 1.82) is 0 Å². The van der Waals surface area contributed by atoms with Crippen LogP contribution in [-0.4, -0.2) is 24.1 Å². The summed E-state index contributed by atoms with van der Waals surface area (Å²) < 4.78 is 0. The van der Waals surface area contributed by atoms with Crippen molar-refractivity contribution >= 4 is 11.8 Å². The first-order valence-electron chi connectivity index (χ1n) is 7.14. The van der Waals surface area contributed by atoms with Gasteiger partial charge in [-0.2, -0.15) is 0 Å². The summed E-state index contributed by atoms with van der Waals surface area (Å²) in [6.45, 7) is 1.13. The third kappa shape index (κ3) is 4.23. The van der Waals surface area contributed by atoms with Gasteiger partial charge in [0.15, 0.2) is 0 Å². The second-order valence-electron chi connectivity index (χ2n) is 5.53. The fourth-order valence-corrected chi connectivity index (χ4v) is 4.05. The maximum absolute atomic E-state index is 5.24. The highest BCUT2D eigenvalue weighted by Gasteiger charge is 2.31. The summed E-state index contributed by atoms with van der Waals surface area (Å²) in [6.07, 6.45) is 15.5. The van der Waals surface area contributed by atoms with E-state index in [9.17, 15) is 0 Å². The molecule has 0 aromatic carbocycles. The fraction of sp³-hybridized carbons (Fsp3) is 0.867. The van der Waals surface area contributed by atoms with Gasteiger partial charge in [0, 0.05) is 18.3 Å². The number of hydrogen-bond donors (Lipinski definition) is 1. The summed E-state index contributed by atoms with van der Waals surface area (Å²) in [7, 11) is 0. The van der Waals surface area contributed by atoms with Crippen molar-refractivity contribution in [2.75, 3.05) is 18.1 Å². The van der Waals surface area contributed by atoms with Crippen molar-refractivity contribution in [3.8, 4) is 12.3 Å². The molecule has 1 nitrogen and oxygen atoms in total. The molecule has 2 fully saturated rings. The first kappa shape index (κ1) is 13.3. The van der Waals surface area contributed by atoms with Crippen LogP contribution in [0.2, 0.25) is 0 Å². The normalized spacial score (nSPS) is 32.8. The van der Waals surface area contributed by atoms with Gasteiger partial charge >= 0.3 is 0 Å². The zero-order chi connectivity index (χ0) is 11.9. The molecule has 0 aromatic rings. The molecule has 3 unspecified atom stereocenters. The van der Waals surface area contributed by atoms with E-state index in [2.05, 4.69) is 11.2 Å². The summed E-state index contributed by atoms with van der Waals surface area (Å²) in [5.74, 6) is 6.80. The number of hydrogen-bond acceptors (Lipinski definition) is 2. The van der Waals surface area contributed by atoms with Crippen LogP contribution in [0.4, 0.5) is 0 Å². The minimum Gasteiger partial charge on any atom is -0.313 e. The Labute approximate surface area is 111 Å². The summed E-state index contributed by atoms with van der Waals surface area (Å²) in [6, 6.07) is 0.792. The van der Waals surface area contributed by atoms with Gasteiger partial charge in [0.1, 0.15) is 0 Å². The first-order chi connectivity index (χ1) is 8.40. The molecule has 0 amide bonds. The highest BCUT2D eigenvalue weighted by Crippen LogP contribution is 2.40. The Hall–Kier alpha value is -0.130. The van der Waals surface area contributed by atoms with Gasteiger partial charge in [0.25, 0.3) is 0 Å². The second kappa shape index (κ2) is 7.34. The van der Waals surface area contributed by atoms with Crippen LogP contribution in [0, 0.1) is 24.2 Å². The monoisotopic (exact) mass is 251 g/mol. The quantitative estimate of drug-likeness (QED) is 0.594. The standard InChI is InChI=1S/C15H25NS/c1-2-10-17-11-9-16-15-8-7-13-5-3-4-6-14(13)12-15/h1,13-16H,3-12H2. The Morgan fingerprint density at radius 2 is 1.94 bits per heavy atom. The Bertz CT molecular complexity index is 258. The number of nitrogens with one attached hydrogen (secondary N) is 1. The Morgan fingerprint density at radius 3 is 2.76 bits per heavy atom. The van der Waals surface area contributed by atoms with E-state index in [1.165, 1.54) is 44.9 Å². The predicted octanol–water partition coefficient (Wildman–Crippen LogP) is 3.30. The minimum atomic E-state index is 0.792. The molecule has 0 radical (unpaired) electrons. The van der Waals surface area contributed by atoms with Gasteiger partial charge in [0.05, 0.1) is 5.75 Å². The van der Waals surface area contributed by atoms with E-state index < -0.39 is 0 Å². The van der Waals surface area contributed by atoms with Crippen LogP contribution in [0.25, 0.3) is 0 Å². The number of fused-ring (bicyclic) bond motifs is 1. The van der Waals surface area contributed by atoms with Crippen LogP contribution in [0.5, 0.6) is 0 Å². The van der Waals surface area contributed by atoms with Gasteiger partial charge in [-0.25, -0.2) is 0 Å². The zero-order valence-electron chi connectivity index (χ0n) is 10.8. The van der Waals surface area contributed by atoms with Crippen molar-refractivity contribution < 1.29 is 0 Å². The van der Waals surface area contributed by atoms with Gasteiger partial charge in [-0.05, 0) is 31.1 Å². The topological polar surface area (TPSA) is 12.0 Å². The largest absolute Gasteiger partial charge is 0.313 e. The van der Waals surface area contributed by atoms with Crippen molar-refractivity contribution in [2.45, 2.75) is 51.0 Å². The highest BCUT2D eigenvalue weighted by atomic mass is 32.2. The summed E-state index contributed by atoms with van der Waals surface area (Å²) in [5.41, 5.74) is 0. The smallest absolute Gasteiger partial charge is 0.0545 e. The van der Waals surface area contributed by atoms with Crippen LogP contribution in [0.3, 0.4) is 0 Å². The Balaban J connectivity index is 1.61. The lowest BCUT2D eigenvalue weighted by atomic mass is 9.69. The van der Waals surface area contributed by atoms with E-state index in [-0.39, 0.29) is 0 Å². The highest BCUT2D eigenvalue weighted by molar-refractivity contribution is 7.99. The second-order valence-corrected chi connectivity index (χ2v) is 6.63. The molecule has 0 heterocycles. The van der Waals surface area contributed by atoms with E-state index in [0.717, 1.165) is 35.9 Å². The van der Waals surface area contributed by atoms with Crippen LogP contribution in [-0.2, 0) is 0 Å². The average molecular weight is 251 g/mol. The van der Waals surface area contributed by atoms with Crippen molar-refractivity contribution in [3.63, 3.8) is 0 Å². The van der Waals surface area contributed by atoms with Crippen molar-refractivity contribution in [1.82, 2.24) is 5.32 Å². The minimum absolute atomic E-state index is 0.792. The molecule has 0 spiro atoms. The molecule has 2 aliphatic carbocycles. The number of terminal acetylenes is 1. The Kier molecular flexibility index (Phi) is 5.74. The van der Waals surface area contributed by atoms with Crippen molar-refractivity contribution in [2.24, 2.45) is 11.8 Å². The Morgan fingerprint density at radius 1 is 1.12 bits per heavy atom. The van der Waals surface area contributed by atoms with Gasteiger partial charge < -0.3 is 5.32 Å². The molecule has 0 bridgehead atoms. The molecule has 17 heavy (non-hydrogen) atoms. The maximum Gasteiger partial charge on any atom is 0.0545 e. The van der Waals surface area contributed by atoms with Crippen LogP contribution in [0.15, 0.2) is 0 Å². The fourth-order valence-electron chi connectivity index (χ4n) is 3.53. The predicted molar refractivity (Wildman–Crippen MR) is 77.2 cm³/mol. The lowest BCUT2D eigenvalue weighted by Crippen LogP contribution is -2.39. The van der Waals surface area contributed by atoms with Crippen LogP contribution < -0.4 is 5.32 Å². The zero-order valence-corrected chi connectivity index (χ0v) is 11.6. The maximum atomic E-state index is 5.24. The summed E-state index contributed by atoms with van der Waals surface area (Å²) in [4.78, 5) is 0. The molecule has 1 N–H and O–H groups in total. The lowest BCUT2D eigenvalue weighted by molar-refractivity contribution is 0.145. The molecular formula is C15H25NS. The molecular weight excluding hydrogens is 226 g/mol. The van der Waals surface area contributed by atoms with E-state index in [0.29, 0.717) is 0 Å².